The highest BCUT2D eigenvalue weighted by atomic mass is 16.2. The Morgan fingerprint density at radius 3 is 2.41 bits per heavy atom. The molecule has 1 aliphatic rings. The van der Waals surface area contributed by atoms with Gasteiger partial charge in [0.15, 0.2) is 0 Å². The van der Waals surface area contributed by atoms with E-state index in [1.807, 2.05) is 30.3 Å². The number of benzene rings is 2. The molecule has 0 radical (unpaired) electrons. The lowest BCUT2D eigenvalue weighted by molar-refractivity contribution is 0.0608. The third-order valence-corrected chi connectivity index (χ3v) is 5.17. The van der Waals surface area contributed by atoms with Gasteiger partial charge >= 0.3 is 0 Å². The summed E-state index contributed by atoms with van der Waals surface area (Å²) >= 11 is 0. The van der Waals surface area contributed by atoms with Crippen molar-refractivity contribution < 1.29 is 9.59 Å². The minimum absolute atomic E-state index is 0.175. The first-order valence-electron chi connectivity index (χ1n) is 10.0. The van der Waals surface area contributed by atoms with Crippen molar-refractivity contribution in [2.45, 2.75) is 45.4 Å². The largest absolute Gasteiger partial charge is 0.385 e. The van der Waals surface area contributed by atoms with Gasteiger partial charge in [-0.15, -0.1) is 0 Å². The van der Waals surface area contributed by atoms with Crippen LogP contribution in [0, 0.1) is 0 Å². The van der Waals surface area contributed by atoms with Gasteiger partial charge in [-0.05, 0) is 44.0 Å². The summed E-state index contributed by atoms with van der Waals surface area (Å²) < 4.78 is 0. The molecule has 0 spiro atoms. The number of amides is 2. The molecule has 3 rings (SSSR count). The monoisotopic (exact) mass is 367 g/mol. The second-order valence-electron chi connectivity index (χ2n) is 7.13. The van der Waals surface area contributed by atoms with Gasteiger partial charge in [0.05, 0.1) is 0 Å². The van der Waals surface area contributed by atoms with Crippen molar-refractivity contribution in [2.24, 2.45) is 5.73 Å². The number of nitrogens with zero attached hydrogens (tertiary/aromatic N) is 1. The SMILES string of the molecule is CCCCN1C(=O)c2cccc3c(NCCCCCCN)ccc(c23)C1=O. The molecule has 0 saturated carbocycles. The third kappa shape index (κ3) is 3.98. The number of rotatable bonds is 10. The molecule has 144 valence electrons. The number of hydrogen-bond donors (Lipinski definition) is 2. The Balaban J connectivity index is 1.84. The average Bonchev–Trinajstić information content (AvgIpc) is 2.69. The molecule has 5 heteroatoms. The molecule has 1 aliphatic heterocycles. The molecule has 0 aromatic heterocycles. The van der Waals surface area contributed by atoms with Crippen molar-refractivity contribution in [1.82, 2.24) is 4.90 Å². The number of anilines is 1. The van der Waals surface area contributed by atoms with Gasteiger partial charge in [0.2, 0.25) is 0 Å². The van der Waals surface area contributed by atoms with E-state index in [0.717, 1.165) is 68.1 Å². The molecule has 5 nitrogen and oxygen atoms in total. The number of carbonyl (C=O) groups is 2. The minimum Gasteiger partial charge on any atom is -0.385 e. The molecule has 3 N–H and O–H groups in total. The molecule has 0 bridgehead atoms. The van der Waals surface area contributed by atoms with Gasteiger partial charge in [0, 0.05) is 40.7 Å². The predicted octanol–water partition coefficient (Wildman–Crippen LogP) is 4.17. The number of imide groups is 1. The van der Waals surface area contributed by atoms with E-state index in [2.05, 4.69) is 12.2 Å². The maximum Gasteiger partial charge on any atom is 0.261 e. The van der Waals surface area contributed by atoms with Gasteiger partial charge in [0.25, 0.3) is 11.8 Å². The van der Waals surface area contributed by atoms with Crippen LogP contribution in [0.1, 0.15) is 66.2 Å². The van der Waals surface area contributed by atoms with Crippen LogP contribution in [0.4, 0.5) is 5.69 Å². The standard InChI is InChI=1S/C22H29N3O2/c1-2-3-15-25-21(26)17-10-8-9-16-19(24-14-7-5-4-6-13-23)12-11-18(20(16)17)22(25)27/h8-12,24H,2-7,13-15,23H2,1H3. The number of nitrogens with one attached hydrogen (secondary N) is 1. The van der Waals surface area contributed by atoms with E-state index in [0.29, 0.717) is 17.7 Å². The van der Waals surface area contributed by atoms with Gasteiger partial charge in [-0.25, -0.2) is 0 Å². The minimum atomic E-state index is -0.175. The highest BCUT2D eigenvalue weighted by molar-refractivity contribution is 6.26. The topological polar surface area (TPSA) is 75.4 Å². The van der Waals surface area contributed by atoms with Crippen LogP contribution in [0.5, 0.6) is 0 Å². The molecule has 1 heterocycles. The Morgan fingerprint density at radius 2 is 1.67 bits per heavy atom. The van der Waals surface area contributed by atoms with Crippen LogP contribution in [0.25, 0.3) is 10.8 Å². The Labute approximate surface area is 160 Å². The fraction of sp³-hybridized carbons (Fsp3) is 0.455. The van der Waals surface area contributed by atoms with Crippen molar-refractivity contribution in [3.8, 4) is 0 Å². The normalized spacial score (nSPS) is 13.5. The molecular weight excluding hydrogens is 338 g/mol. The van der Waals surface area contributed by atoms with Crippen molar-refractivity contribution in [3.05, 3.63) is 41.5 Å². The van der Waals surface area contributed by atoms with Crippen molar-refractivity contribution in [3.63, 3.8) is 0 Å². The Bertz CT molecular complexity index is 809. The summed E-state index contributed by atoms with van der Waals surface area (Å²) in [6.07, 6.45) is 6.22. The second kappa shape index (κ2) is 9.00. The molecule has 0 unspecified atom stereocenters. The molecule has 0 aliphatic carbocycles. The van der Waals surface area contributed by atoms with Gasteiger partial charge in [-0.1, -0.05) is 38.3 Å². The summed E-state index contributed by atoms with van der Waals surface area (Å²) in [6, 6.07) is 9.54. The lowest BCUT2D eigenvalue weighted by Crippen LogP contribution is -2.40. The van der Waals surface area contributed by atoms with E-state index >= 15 is 0 Å². The first-order chi connectivity index (χ1) is 13.2. The van der Waals surface area contributed by atoms with Crippen molar-refractivity contribution in [1.29, 1.82) is 0 Å². The first kappa shape index (κ1) is 19.4. The molecule has 0 atom stereocenters. The van der Waals surface area contributed by atoms with Crippen LogP contribution in [0.2, 0.25) is 0 Å². The molecule has 2 aromatic rings. The van der Waals surface area contributed by atoms with Gasteiger partial charge in [-0.2, -0.15) is 0 Å². The van der Waals surface area contributed by atoms with Crippen molar-refractivity contribution >= 4 is 28.3 Å². The van der Waals surface area contributed by atoms with Gasteiger partial charge in [0.1, 0.15) is 0 Å². The summed E-state index contributed by atoms with van der Waals surface area (Å²) in [5.74, 6) is -0.351. The van der Waals surface area contributed by atoms with E-state index in [1.54, 1.807) is 0 Å². The average molecular weight is 367 g/mol. The highest BCUT2D eigenvalue weighted by Gasteiger charge is 2.32. The first-order valence-corrected chi connectivity index (χ1v) is 10.0. The number of hydrogen-bond acceptors (Lipinski definition) is 4. The fourth-order valence-electron chi connectivity index (χ4n) is 3.67. The summed E-state index contributed by atoms with van der Waals surface area (Å²) in [5.41, 5.74) is 7.77. The fourth-order valence-corrected chi connectivity index (χ4v) is 3.67. The summed E-state index contributed by atoms with van der Waals surface area (Å²) in [7, 11) is 0. The zero-order chi connectivity index (χ0) is 19.2. The van der Waals surface area contributed by atoms with Crippen LogP contribution in [0.15, 0.2) is 30.3 Å². The Kier molecular flexibility index (Phi) is 6.45. The van der Waals surface area contributed by atoms with E-state index in [1.165, 1.54) is 4.90 Å². The second-order valence-corrected chi connectivity index (χ2v) is 7.13. The molecule has 27 heavy (non-hydrogen) atoms. The molecule has 0 saturated heterocycles. The molecule has 0 fully saturated rings. The molecular formula is C22H29N3O2. The lowest BCUT2D eigenvalue weighted by Gasteiger charge is -2.27. The van der Waals surface area contributed by atoms with Crippen LogP contribution in [0.3, 0.4) is 0 Å². The zero-order valence-electron chi connectivity index (χ0n) is 16.1. The van der Waals surface area contributed by atoms with Crippen molar-refractivity contribution in [2.75, 3.05) is 25.0 Å². The van der Waals surface area contributed by atoms with Crippen LogP contribution in [-0.4, -0.2) is 36.3 Å². The smallest absolute Gasteiger partial charge is 0.261 e. The molecule has 2 aromatic carbocycles. The third-order valence-electron chi connectivity index (χ3n) is 5.17. The van der Waals surface area contributed by atoms with E-state index in [9.17, 15) is 9.59 Å². The van der Waals surface area contributed by atoms with Gasteiger partial charge < -0.3 is 11.1 Å². The van der Waals surface area contributed by atoms with Crippen LogP contribution in [-0.2, 0) is 0 Å². The van der Waals surface area contributed by atoms with Crippen LogP contribution >= 0.6 is 0 Å². The maximum absolute atomic E-state index is 12.9. The van der Waals surface area contributed by atoms with E-state index < -0.39 is 0 Å². The Morgan fingerprint density at radius 1 is 0.926 bits per heavy atom. The number of carbonyl (C=O) groups excluding carboxylic acids is 2. The molecule has 2 amide bonds. The Hall–Kier alpha value is -2.40. The van der Waals surface area contributed by atoms with E-state index in [-0.39, 0.29) is 11.8 Å². The lowest BCUT2D eigenvalue weighted by atomic mass is 9.93. The highest BCUT2D eigenvalue weighted by Crippen LogP contribution is 2.34. The quantitative estimate of drug-likeness (QED) is 0.488. The summed E-state index contributed by atoms with van der Waals surface area (Å²) in [4.78, 5) is 27.1. The maximum atomic E-state index is 12.9. The van der Waals surface area contributed by atoms with E-state index in [4.69, 9.17) is 5.73 Å². The van der Waals surface area contributed by atoms with Crippen LogP contribution < -0.4 is 11.1 Å². The summed E-state index contributed by atoms with van der Waals surface area (Å²) in [5, 5.41) is 5.21. The predicted molar refractivity (Wildman–Crippen MR) is 110 cm³/mol. The van der Waals surface area contributed by atoms with Gasteiger partial charge in [-0.3, -0.25) is 14.5 Å². The summed E-state index contributed by atoms with van der Waals surface area (Å²) in [6.45, 7) is 4.15. The number of nitrogens with two attached hydrogens (primary N) is 1. The number of unbranched alkanes of at least 4 members (excludes halogenated alkanes) is 4. The zero-order valence-corrected chi connectivity index (χ0v) is 16.1.